The van der Waals surface area contributed by atoms with Crippen LogP contribution >= 0.6 is 0 Å². The van der Waals surface area contributed by atoms with Gasteiger partial charge in [0.15, 0.2) is 11.5 Å². The summed E-state index contributed by atoms with van der Waals surface area (Å²) < 4.78 is 30.2. The molecule has 0 aromatic heterocycles. The molecule has 58 valence electrons. The molecule has 0 amide bonds. The number of hydrogen-bond acceptors (Lipinski definition) is 4. The number of benzene rings is 1. The van der Waals surface area contributed by atoms with Crippen molar-refractivity contribution >= 4 is 10.4 Å². The largest absolute Gasteiger partial charge is 0.501 e. The molecule has 0 fully saturated rings. The lowest BCUT2D eigenvalue weighted by atomic mass is 10.3. The average molecular weight is 172 g/mol. The van der Waals surface area contributed by atoms with Crippen LogP contribution in [0.3, 0.4) is 0 Å². The van der Waals surface area contributed by atoms with Gasteiger partial charge < -0.3 is 8.37 Å². The van der Waals surface area contributed by atoms with Crippen LogP contribution in [-0.2, 0) is 10.4 Å². The molecule has 0 bridgehead atoms. The molecule has 0 saturated heterocycles. The van der Waals surface area contributed by atoms with Crippen molar-refractivity contribution in [1.82, 2.24) is 0 Å². The lowest BCUT2D eigenvalue weighted by molar-refractivity contribution is 0.436. The van der Waals surface area contributed by atoms with Crippen molar-refractivity contribution in [2.75, 3.05) is 0 Å². The second-order valence-electron chi connectivity index (χ2n) is 2.02. The van der Waals surface area contributed by atoms with Gasteiger partial charge in [-0.2, -0.15) is 0 Å². The Labute approximate surface area is 63.7 Å². The van der Waals surface area contributed by atoms with E-state index in [4.69, 9.17) is 0 Å². The van der Waals surface area contributed by atoms with E-state index in [9.17, 15) is 8.42 Å². The Morgan fingerprint density at radius 1 is 1.00 bits per heavy atom. The minimum atomic E-state index is -3.81. The van der Waals surface area contributed by atoms with Crippen LogP contribution < -0.4 is 8.37 Å². The van der Waals surface area contributed by atoms with E-state index in [0.29, 0.717) is 0 Å². The zero-order chi connectivity index (χ0) is 7.90. The fourth-order valence-electron chi connectivity index (χ4n) is 0.825. The fourth-order valence-corrected chi connectivity index (χ4v) is 1.57. The minimum absolute atomic E-state index is 0.243. The van der Waals surface area contributed by atoms with E-state index in [-0.39, 0.29) is 11.5 Å². The maximum Gasteiger partial charge on any atom is 0.501 e. The van der Waals surface area contributed by atoms with Crippen molar-refractivity contribution in [3.63, 3.8) is 0 Å². The molecule has 0 saturated carbocycles. The van der Waals surface area contributed by atoms with Gasteiger partial charge in [-0.05, 0) is 12.1 Å². The molecule has 4 nitrogen and oxygen atoms in total. The molecule has 0 radical (unpaired) electrons. The Kier molecular flexibility index (Phi) is 1.11. The van der Waals surface area contributed by atoms with Crippen LogP contribution in [0.5, 0.6) is 11.5 Å². The van der Waals surface area contributed by atoms with E-state index in [2.05, 4.69) is 8.37 Å². The summed E-state index contributed by atoms with van der Waals surface area (Å²) in [6.07, 6.45) is 0. The molecule has 11 heavy (non-hydrogen) atoms. The van der Waals surface area contributed by atoms with Gasteiger partial charge in [-0.15, -0.1) is 8.42 Å². The number of rotatable bonds is 0. The summed E-state index contributed by atoms with van der Waals surface area (Å²) in [5.41, 5.74) is 0. The first-order chi connectivity index (χ1) is 5.17. The van der Waals surface area contributed by atoms with Gasteiger partial charge in [0.1, 0.15) is 0 Å². The number of hydrogen-bond donors (Lipinski definition) is 0. The normalized spacial score (nSPS) is 18.2. The van der Waals surface area contributed by atoms with Crippen LogP contribution in [-0.4, -0.2) is 8.42 Å². The van der Waals surface area contributed by atoms with Crippen molar-refractivity contribution in [3.05, 3.63) is 24.3 Å². The third-order valence-corrected chi connectivity index (χ3v) is 2.00. The Morgan fingerprint density at radius 3 is 1.91 bits per heavy atom. The SMILES string of the molecule is O=S1(=O)Oc2ccccc2O1. The second-order valence-corrected chi connectivity index (χ2v) is 3.17. The summed E-state index contributed by atoms with van der Waals surface area (Å²) in [5.74, 6) is 0.486. The van der Waals surface area contributed by atoms with Crippen molar-refractivity contribution in [2.45, 2.75) is 0 Å². The van der Waals surface area contributed by atoms with Gasteiger partial charge in [0.05, 0.1) is 0 Å². The zero-order valence-corrected chi connectivity index (χ0v) is 6.17. The molecule has 1 heterocycles. The molecule has 5 heteroatoms. The van der Waals surface area contributed by atoms with Crippen LogP contribution in [0.25, 0.3) is 0 Å². The van der Waals surface area contributed by atoms with Crippen molar-refractivity contribution in [2.24, 2.45) is 0 Å². The summed E-state index contributed by atoms with van der Waals surface area (Å²) in [7, 11) is -3.81. The third-order valence-electron chi connectivity index (χ3n) is 1.23. The van der Waals surface area contributed by atoms with Crippen molar-refractivity contribution < 1.29 is 16.8 Å². The van der Waals surface area contributed by atoms with E-state index in [1.165, 1.54) is 12.1 Å². The molecule has 0 aliphatic carbocycles. The van der Waals surface area contributed by atoms with Gasteiger partial charge in [-0.25, -0.2) is 0 Å². The summed E-state index contributed by atoms with van der Waals surface area (Å²) >= 11 is 0. The standard InChI is InChI=1S/C6H4O4S/c7-11(8)9-5-3-1-2-4-6(5)10-11/h1-4H. The molecule has 1 aliphatic heterocycles. The summed E-state index contributed by atoms with van der Waals surface area (Å²) in [5, 5.41) is 0. The van der Waals surface area contributed by atoms with Crippen LogP contribution in [0.1, 0.15) is 0 Å². The van der Waals surface area contributed by atoms with Crippen LogP contribution in [0, 0.1) is 0 Å². The van der Waals surface area contributed by atoms with E-state index in [1.807, 2.05) is 0 Å². The van der Waals surface area contributed by atoms with Gasteiger partial charge >= 0.3 is 10.4 Å². The summed E-state index contributed by atoms with van der Waals surface area (Å²) in [4.78, 5) is 0. The first kappa shape index (κ1) is 6.48. The molecule has 0 atom stereocenters. The Hall–Kier alpha value is -1.23. The number of fused-ring (bicyclic) bond motifs is 1. The quantitative estimate of drug-likeness (QED) is 0.578. The minimum Gasteiger partial charge on any atom is -0.349 e. The maximum absolute atomic E-state index is 10.6. The second kappa shape index (κ2) is 1.88. The highest BCUT2D eigenvalue weighted by molar-refractivity contribution is 7.82. The Bertz CT molecular complexity index is 350. The summed E-state index contributed by atoms with van der Waals surface area (Å²) in [6.45, 7) is 0. The molecular weight excluding hydrogens is 168 g/mol. The van der Waals surface area contributed by atoms with Crippen molar-refractivity contribution in [1.29, 1.82) is 0 Å². The molecule has 2 rings (SSSR count). The van der Waals surface area contributed by atoms with Crippen LogP contribution in [0.2, 0.25) is 0 Å². The van der Waals surface area contributed by atoms with Gasteiger partial charge in [0.2, 0.25) is 0 Å². The highest BCUT2D eigenvalue weighted by atomic mass is 32.3. The number of para-hydroxylation sites is 2. The molecule has 1 aromatic carbocycles. The maximum atomic E-state index is 10.6. The average Bonchev–Trinajstić information content (AvgIpc) is 2.21. The monoisotopic (exact) mass is 172 g/mol. The third kappa shape index (κ3) is 1.03. The van der Waals surface area contributed by atoms with Gasteiger partial charge in [0, 0.05) is 0 Å². The first-order valence-electron chi connectivity index (χ1n) is 2.90. The molecule has 1 aliphatic rings. The lowest BCUT2D eigenvalue weighted by Gasteiger charge is -1.87. The predicted molar refractivity (Wildman–Crippen MR) is 36.6 cm³/mol. The molecule has 0 unspecified atom stereocenters. The molecule has 1 aromatic rings. The first-order valence-corrected chi connectivity index (χ1v) is 4.24. The predicted octanol–water partition coefficient (Wildman–Crippen LogP) is 0.703. The van der Waals surface area contributed by atoms with E-state index in [0.717, 1.165) is 0 Å². The zero-order valence-electron chi connectivity index (χ0n) is 5.35. The highest BCUT2D eigenvalue weighted by Crippen LogP contribution is 2.34. The lowest BCUT2D eigenvalue weighted by Crippen LogP contribution is -2.07. The van der Waals surface area contributed by atoms with Crippen LogP contribution in [0.4, 0.5) is 0 Å². The van der Waals surface area contributed by atoms with Gasteiger partial charge in [-0.3, -0.25) is 0 Å². The Balaban J connectivity index is 2.57. The van der Waals surface area contributed by atoms with Gasteiger partial charge in [-0.1, -0.05) is 12.1 Å². The topological polar surface area (TPSA) is 52.6 Å². The van der Waals surface area contributed by atoms with E-state index in [1.54, 1.807) is 12.1 Å². The van der Waals surface area contributed by atoms with E-state index >= 15 is 0 Å². The smallest absolute Gasteiger partial charge is 0.349 e. The van der Waals surface area contributed by atoms with E-state index < -0.39 is 10.4 Å². The molecular formula is C6H4O4S. The molecule has 0 N–H and O–H groups in total. The molecule has 0 spiro atoms. The summed E-state index contributed by atoms with van der Waals surface area (Å²) in [6, 6.07) is 6.39. The highest BCUT2D eigenvalue weighted by Gasteiger charge is 2.27. The Morgan fingerprint density at radius 2 is 1.45 bits per heavy atom. The van der Waals surface area contributed by atoms with Gasteiger partial charge in [0.25, 0.3) is 0 Å². The fraction of sp³-hybridized carbons (Fsp3) is 0. The van der Waals surface area contributed by atoms with Crippen molar-refractivity contribution in [3.8, 4) is 11.5 Å². The van der Waals surface area contributed by atoms with Crippen LogP contribution in [0.15, 0.2) is 24.3 Å².